The highest BCUT2D eigenvalue weighted by atomic mass is 32.1. The van der Waals surface area contributed by atoms with E-state index >= 15 is 0 Å². The molecular weight excluding hydrogens is 388 g/mol. The number of carbonyl (C=O) groups is 2. The Morgan fingerprint density at radius 3 is 2.66 bits per heavy atom. The van der Waals surface area contributed by atoms with Crippen molar-refractivity contribution in [3.8, 4) is 0 Å². The first kappa shape index (κ1) is 20.1. The van der Waals surface area contributed by atoms with Gasteiger partial charge in [0, 0.05) is 32.7 Å². The molecule has 7 nitrogen and oxygen atoms in total. The number of anilines is 1. The molecule has 29 heavy (non-hydrogen) atoms. The van der Waals surface area contributed by atoms with Gasteiger partial charge in [-0.1, -0.05) is 24.3 Å². The fraction of sp³-hybridized carbons (Fsp3) is 0.571. The number of esters is 1. The van der Waals surface area contributed by atoms with E-state index in [9.17, 15) is 9.59 Å². The van der Waals surface area contributed by atoms with Gasteiger partial charge in [-0.25, -0.2) is 9.78 Å². The average molecular weight is 417 g/mol. The van der Waals surface area contributed by atoms with Crippen LogP contribution in [-0.2, 0) is 14.3 Å². The lowest BCUT2D eigenvalue weighted by atomic mass is 9.89. The highest BCUT2D eigenvalue weighted by molar-refractivity contribution is 7.22. The first-order valence-corrected chi connectivity index (χ1v) is 11.0. The van der Waals surface area contributed by atoms with Crippen LogP contribution in [0.15, 0.2) is 18.2 Å². The Hall–Kier alpha value is -2.19. The van der Waals surface area contributed by atoms with Crippen molar-refractivity contribution in [2.24, 2.45) is 5.92 Å². The van der Waals surface area contributed by atoms with Crippen LogP contribution in [0.25, 0.3) is 10.2 Å². The number of rotatable bonds is 2. The Balaban J connectivity index is 1.60. The summed E-state index contributed by atoms with van der Waals surface area (Å²) in [6.07, 6.45) is 1.86. The molecule has 1 aromatic heterocycles. The lowest BCUT2D eigenvalue weighted by Gasteiger charge is -2.38. The van der Waals surface area contributed by atoms with Gasteiger partial charge in [0.15, 0.2) is 5.13 Å². The third-order valence-corrected chi connectivity index (χ3v) is 7.09. The number of likely N-dealkylation sites (tertiary alicyclic amines) is 1. The van der Waals surface area contributed by atoms with Gasteiger partial charge >= 0.3 is 11.9 Å². The Morgan fingerprint density at radius 2 is 1.93 bits per heavy atom. The first-order valence-electron chi connectivity index (χ1n) is 10.2. The lowest BCUT2D eigenvalue weighted by molar-refractivity contribution is -0.160. The number of hydrogen-bond donors (Lipinski definition) is 0. The number of ether oxygens (including phenoxy) is 1. The van der Waals surface area contributed by atoms with Crippen molar-refractivity contribution < 1.29 is 14.3 Å². The molecule has 2 fully saturated rings. The molecule has 2 saturated heterocycles. The van der Waals surface area contributed by atoms with Crippen molar-refractivity contribution >= 4 is 38.6 Å². The molecule has 0 aliphatic carbocycles. The molecule has 0 radical (unpaired) electrons. The van der Waals surface area contributed by atoms with Crippen LogP contribution in [0.1, 0.15) is 31.4 Å². The molecule has 2 aliphatic rings. The number of amides is 1. The fourth-order valence-corrected chi connectivity index (χ4v) is 5.20. The number of nitrogens with zero attached hydrogens (tertiary/aromatic N) is 4. The highest BCUT2D eigenvalue weighted by Crippen LogP contribution is 2.37. The molecule has 8 heteroatoms. The largest absolute Gasteiger partial charge is 0.462 e. The number of carbonyl (C=O) groups excluding carboxylic acids is 2. The maximum absolute atomic E-state index is 12.6. The maximum Gasteiger partial charge on any atom is 0.396 e. The van der Waals surface area contributed by atoms with Crippen LogP contribution in [0.3, 0.4) is 0 Å². The fourth-order valence-electron chi connectivity index (χ4n) is 4.20. The van der Waals surface area contributed by atoms with Gasteiger partial charge in [-0.2, -0.15) is 0 Å². The van der Waals surface area contributed by atoms with E-state index in [4.69, 9.17) is 4.98 Å². The van der Waals surface area contributed by atoms with E-state index in [2.05, 4.69) is 46.7 Å². The summed E-state index contributed by atoms with van der Waals surface area (Å²) in [5, 5.41) is 1.06. The van der Waals surface area contributed by atoms with E-state index in [-0.39, 0.29) is 6.04 Å². The van der Waals surface area contributed by atoms with Crippen molar-refractivity contribution in [3.63, 3.8) is 0 Å². The molecule has 0 N–H and O–H groups in total. The number of hydrogen-bond acceptors (Lipinski definition) is 7. The number of thiazole rings is 1. The number of aromatic nitrogens is 1. The minimum atomic E-state index is -0.795. The van der Waals surface area contributed by atoms with E-state index in [0.717, 1.165) is 59.9 Å². The Bertz CT molecular complexity index is 906. The van der Waals surface area contributed by atoms with Crippen molar-refractivity contribution in [3.05, 3.63) is 23.8 Å². The maximum atomic E-state index is 12.6. The van der Waals surface area contributed by atoms with Crippen molar-refractivity contribution in [2.75, 3.05) is 51.8 Å². The summed E-state index contributed by atoms with van der Waals surface area (Å²) in [5.41, 5.74) is 2.00. The molecule has 0 saturated carbocycles. The Morgan fingerprint density at radius 1 is 1.17 bits per heavy atom. The summed E-state index contributed by atoms with van der Waals surface area (Å²) in [4.78, 5) is 35.7. The van der Waals surface area contributed by atoms with E-state index in [0.29, 0.717) is 12.5 Å². The number of benzene rings is 1. The van der Waals surface area contributed by atoms with Crippen LogP contribution in [-0.4, -0.2) is 73.5 Å². The summed E-state index contributed by atoms with van der Waals surface area (Å²) < 4.78 is 5.83. The second kappa shape index (κ2) is 8.28. The van der Waals surface area contributed by atoms with Crippen LogP contribution >= 0.6 is 11.3 Å². The minimum absolute atomic E-state index is 0.115. The van der Waals surface area contributed by atoms with Gasteiger partial charge in [0.1, 0.15) is 0 Å². The van der Waals surface area contributed by atoms with Crippen LogP contribution in [0.5, 0.6) is 0 Å². The molecule has 2 atom stereocenters. The third-order valence-electron chi connectivity index (χ3n) is 6.00. The van der Waals surface area contributed by atoms with Crippen molar-refractivity contribution in [1.82, 2.24) is 14.8 Å². The van der Waals surface area contributed by atoms with Crippen LogP contribution in [0.4, 0.5) is 5.13 Å². The Kier molecular flexibility index (Phi) is 5.74. The number of piperidine rings is 1. The summed E-state index contributed by atoms with van der Waals surface area (Å²) in [6, 6.07) is 6.15. The summed E-state index contributed by atoms with van der Waals surface area (Å²) >= 11 is 1.72. The van der Waals surface area contributed by atoms with Gasteiger partial charge in [0.25, 0.3) is 0 Å². The molecule has 3 heterocycles. The minimum Gasteiger partial charge on any atom is -0.462 e. The summed E-state index contributed by atoms with van der Waals surface area (Å²) in [6.45, 7) is 6.76. The molecule has 1 aromatic carbocycles. The predicted molar refractivity (Wildman–Crippen MR) is 114 cm³/mol. The van der Waals surface area contributed by atoms with E-state index in [1.165, 1.54) is 7.11 Å². The van der Waals surface area contributed by atoms with Gasteiger partial charge < -0.3 is 19.4 Å². The van der Waals surface area contributed by atoms with Crippen LogP contribution in [0, 0.1) is 5.92 Å². The number of fused-ring (bicyclic) bond motifs is 1. The predicted octanol–water partition coefficient (Wildman–Crippen LogP) is 2.52. The lowest BCUT2D eigenvalue weighted by Crippen LogP contribution is -2.45. The second-order valence-electron chi connectivity index (χ2n) is 8.16. The quantitative estimate of drug-likeness (QED) is 0.554. The van der Waals surface area contributed by atoms with Gasteiger partial charge in [0.05, 0.1) is 23.4 Å². The number of methoxy groups -OCH3 is 1. The molecule has 4 rings (SSSR count). The van der Waals surface area contributed by atoms with Gasteiger partial charge in [-0.05, 0) is 43.5 Å². The first-order chi connectivity index (χ1) is 14.0. The third kappa shape index (κ3) is 4.09. The van der Waals surface area contributed by atoms with E-state index in [1.807, 2.05) is 0 Å². The van der Waals surface area contributed by atoms with E-state index in [1.54, 1.807) is 16.2 Å². The summed E-state index contributed by atoms with van der Waals surface area (Å²) in [5.74, 6) is -0.983. The standard InChI is InChI=1S/C21H28N4O3S/c1-14-4-6-17(25(13-14)19(26)20(27)28-3)15-5-7-18-16(12-15)22-21(29-18)24-10-8-23(2)9-11-24/h5,7,12,14,17H,4,6,8-11,13H2,1-3H3. The SMILES string of the molecule is COC(=O)C(=O)N1CC(C)CCC1c1ccc2sc(N3CCN(C)CC3)nc2c1. The molecule has 2 aliphatic heterocycles. The molecule has 2 unspecified atom stereocenters. The average Bonchev–Trinajstić information content (AvgIpc) is 3.16. The highest BCUT2D eigenvalue weighted by Gasteiger charge is 2.35. The Labute approximate surface area is 175 Å². The van der Waals surface area contributed by atoms with Crippen LogP contribution in [0.2, 0.25) is 0 Å². The van der Waals surface area contributed by atoms with Gasteiger partial charge in [-0.3, -0.25) is 4.79 Å². The topological polar surface area (TPSA) is 66.0 Å². The molecule has 156 valence electrons. The van der Waals surface area contributed by atoms with Gasteiger partial charge in [-0.15, -0.1) is 0 Å². The molecule has 0 bridgehead atoms. The van der Waals surface area contributed by atoms with Crippen molar-refractivity contribution in [2.45, 2.75) is 25.8 Å². The second-order valence-corrected chi connectivity index (χ2v) is 9.17. The zero-order valence-electron chi connectivity index (χ0n) is 17.3. The van der Waals surface area contributed by atoms with Crippen LogP contribution < -0.4 is 4.90 Å². The van der Waals surface area contributed by atoms with Gasteiger partial charge in [0.2, 0.25) is 0 Å². The smallest absolute Gasteiger partial charge is 0.396 e. The van der Waals surface area contributed by atoms with Crippen molar-refractivity contribution in [1.29, 1.82) is 0 Å². The summed E-state index contributed by atoms with van der Waals surface area (Å²) in [7, 11) is 3.40. The molecule has 2 aromatic rings. The molecule has 1 amide bonds. The molecular formula is C21H28N4O3S. The van der Waals surface area contributed by atoms with E-state index < -0.39 is 11.9 Å². The number of piperazine rings is 1. The zero-order valence-corrected chi connectivity index (χ0v) is 18.1. The zero-order chi connectivity index (χ0) is 20.5. The number of likely N-dealkylation sites (N-methyl/N-ethyl adjacent to an activating group) is 1. The normalized spacial score (nSPS) is 23.4. The molecule has 0 spiro atoms. The monoisotopic (exact) mass is 416 g/mol.